The Morgan fingerprint density at radius 3 is 0.705 bits per heavy atom. The van der Waals surface area contributed by atoms with Crippen molar-refractivity contribution in [3.05, 3.63) is 263 Å². The van der Waals surface area contributed by atoms with Gasteiger partial charge in [-0.3, -0.25) is 0 Å². The number of aryl methyl sites for hydroxylation is 3. The molecule has 604 valence electrons. The molecular formula is C81H103N9O19S3. The number of rotatable bonds is 41. The highest BCUT2D eigenvalue weighted by Gasteiger charge is 2.41. The second kappa shape index (κ2) is 44.1. The fourth-order valence-corrected chi connectivity index (χ4v) is 16.0. The average molecular weight is 1600 g/mol. The lowest BCUT2D eigenvalue weighted by molar-refractivity contribution is -0.0329. The van der Waals surface area contributed by atoms with Crippen LogP contribution < -0.4 is 28.4 Å². The molecule has 3 aromatic heterocycles. The van der Waals surface area contributed by atoms with Crippen molar-refractivity contribution in [3.63, 3.8) is 0 Å². The molecule has 0 aliphatic carbocycles. The first-order valence-electron chi connectivity index (χ1n) is 35.8. The Hall–Kier alpha value is -9.45. The van der Waals surface area contributed by atoms with Crippen molar-refractivity contribution >= 4 is 30.1 Å². The summed E-state index contributed by atoms with van der Waals surface area (Å²) in [4.78, 5) is 25.9. The summed E-state index contributed by atoms with van der Waals surface area (Å²) in [6, 6.07) is 43.4. The van der Waals surface area contributed by atoms with Crippen molar-refractivity contribution in [2.24, 2.45) is 0 Å². The largest absolute Gasteiger partial charge is 0.497 e. The van der Waals surface area contributed by atoms with Gasteiger partial charge in [-0.2, -0.15) is 12.9 Å². The molecule has 0 aliphatic rings. The standard InChI is InChI=1S/2C27H35N3O7S.C27H33N3O5S/c2*1-19-13-28-27(29-14-19)26(37-18-23(32)17-31)20(2)38(33,34)30(15-21-5-9-24(35-3)10-6-21)16-22-7-11-25(36-4)12-8-22;1-6-15-35-26(27-28-16-20(2)17-29-27)21(3)36(31,32)30(18-22-7-11-24(33-4)12-8-22)19-23-9-13-25(34-5)14-10-23/h2*5-14,20,23,26,31-32H,15-18H2,1-4H3;6-14,16-17,21,26H,1,15,18-19H2,2-5H3/t20-,23+,26-;20-,23-,26-;21-,26-/m000/s1. The van der Waals surface area contributed by atoms with Crippen LogP contribution in [0.1, 0.15) is 107 Å². The van der Waals surface area contributed by atoms with Gasteiger partial charge in [0.25, 0.3) is 0 Å². The molecule has 31 heteroatoms. The van der Waals surface area contributed by atoms with Crippen molar-refractivity contribution in [2.75, 3.05) is 75.7 Å². The minimum atomic E-state index is -4.02. The van der Waals surface area contributed by atoms with Gasteiger partial charge in [-0.25, -0.2) is 55.2 Å². The number of nitrogens with zero attached hydrogens (tertiary/aromatic N) is 9. The van der Waals surface area contributed by atoms with E-state index in [1.165, 1.54) is 26.8 Å². The van der Waals surface area contributed by atoms with Gasteiger partial charge in [-0.15, -0.1) is 6.58 Å². The number of hydrogen-bond donors (Lipinski definition) is 4. The summed E-state index contributed by atoms with van der Waals surface area (Å²) in [5.74, 6) is 4.72. The molecule has 0 aliphatic heterocycles. The SMILES string of the molecule is C=CCO[C@H](c1ncc(C)cn1)[C@H](C)S(=O)(=O)N(Cc1ccc(OC)cc1)Cc1ccc(OC)cc1.COc1ccc(CN(Cc2ccc(OC)cc2)S(=O)(=O)[C@@H](C)[C@H](OC[C@@H](O)CO)c2ncc(C)cn2)cc1.COc1ccc(CN(Cc2ccc(OC)cc2)S(=O)(=O)[C@@H](C)[C@H](OC[C@H](O)CO)c2ncc(C)cn2)cc1. The first-order valence-corrected chi connectivity index (χ1v) is 40.3. The van der Waals surface area contributed by atoms with Crippen molar-refractivity contribution in [1.29, 1.82) is 0 Å². The van der Waals surface area contributed by atoms with Crippen molar-refractivity contribution < 1.29 is 88.3 Å². The van der Waals surface area contributed by atoms with E-state index in [0.717, 1.165) is 50.1 Å². The summed E-state index contributed by atoms with van der Waals surface area (Å²) in [7, 11) is -2.47. The van der Waals surface area contributed by atoms with E-state index < -0.39 is 89.6 Å². The Bertz CT molecular complexity index is 4280. The smallest absolute Gasteiger partial charge is 0.220 e. The number of aliphatic hydroxyl groups excluding tert-OH is 4. The van der Waals surface area contributed by atoms with Crippen molar-refractivity contribution in [1.82, 2.24) is 42.8 Å². The maximum atomic E-state index is 14.1. The number of aromatic nitrogens is 6. The molecule has 4 N–H and O–H groups in total. The second-order valence-corrected chi connectivity index (χ2v) is 33.1. The number of aliphatic hydroxyl groups is 4. The van der Waals surface area contributed by atoms with Gasteiger partial charge in [0, 0.05) is 76.4 Å². The van der Waals surface area contributed by atoms with Gasteiger partial charge in [-0.1, -0.05) is 78.9 Å². The van der Waals surface area contributed by atoms with Crippen LogP contribution in [-0.4, -0.2) is 192 Å². The van der Waals surface area contributed by atoms with Crippen LogP contribution in [0, 0.1) is 20.8 Å². The molecule has 0 unspecified atom stereocenters. The van der Waals surface area contributed by atoms with Gasteiger partial charge in [0.2, 0.25) is 30.1 Å². The Morgan fingerprint density at radius 2 is 0.536 bits per heavy atom. The minimum absolute atomic E-state index is 0.101. The highest BCUT2D eigenvalue weighted by molar-refractivity contribution is 7.90. The topological polar surface area (TPSA) is 353 Å². The maximum Gasteiger partial charge on any atom is 0.220 e. The van der Waals surface area contributed by atoms with E-state index in [-0.39, 0.29) is 70.7 Å². The summed E-state index contributed by atoms with van der Waals surface area (Å²) in [6.45, 7) is 13.2. The second-order valence-electron chi connectivity index (χ2n) is 26.2. The van der Waals surface area contributed by atoms with E-state index in [4.69, 9.17) is 42.6 Å². The van der Waals surface area contributed by atoms with Crippen LogP contribution in [0.15, 0.2) is 195 Å². The fourth-order valence-electron chi connectivity index (χ4n) is 11.1. The summed E-state index contributed by atoms with van der Waals surface area (Å²) in [5, 5.41) is 35.0. The number of hydrogen-bond acceptors (Lipinski definition) is 25. The average Bonchev–Trinajstić information content (AvgIpc) is 0.800. The molecule has 0 radical (unpaired) electrons. The highest BCUT2D eigenvalue weighted by atomic mass is 32.2. The normalized spacial score (nSPS) is 13.9. The molecule has 0 saturated carbocycles. The zero-order valence-corrected chi connectivity index (χ0v) is 67.6. The number of methoxy groups -OCH3 is 6. The predicted octanol–water partition coefficient (Wildman–Crippen LogP) is 9.73. The first kappa shape index (κ1) is 89.8. The van der Waals surface area contributed by atoms with E-state index in [1.54, 1.807) is 141 Å². The lowest BCUT2D eigenvalue weighted by Crippen LogP contribution is -2.41. The number of ether oxygens (including phenoxy) is 9. The molecule has 0 amide bonds. The van der Waals surface area contributed by atoms with E-state index in [9.17, 15) is 45.7 Å². The van der Waals surface area contributed by atoms with Crippen LogP contribution in [0.2, 0.25) is 0 Å². The van der Waals surface area contributed by atoms with Gasteiger partial charge in [-0.05, 0) is 164 Å². The van der Waals surface area contributed by atoms with Gasteiger partial charge in [0.15, 0.2) is 17.5 Å². The number of sulfonamides is 3. The molecule has 28 nitrogen and oxygen atoms in total. The summed E-state index contributed by atoms with van der Waals surface area (Å²) < 4.78 is 138. The van der Waals surface area contributed by atoms with Gasteiger partial charge in [0.1, 0.15) is 80.8 Å². The predicted molar refractivity (Wildman–Crippen MR) is 424 cm³/mol. The van der Waals surface area contributed by atoms with E-state index in [2.05, 4.69) is 36.5 Å². The highest BCUT2D eigenvalue weighted by Crippen LogP contribution is 2.34. The van der Waals surface area contributed by atoms with Crippen molar-refractivity contribution in [3.8, 4) is 34.5 Å². The Kier molecular flexibility index (Phi) is 35.4. The fraction of sp³-hybridized carbons (Fsp3) is 0.383. The van der Waals surface area contributed by atoms with Gasteiger partial charge >= 0.3 is 0 Å². The molecule has 0 saturated heterocycles. The van der Waals surface area contributed by atoms with Crippen LogP contribution in [0.25, 0.3) is 0 Å². The van der Waals surface area contributed by atoms with Crippen LogP contribution in [0.3, 0.4) is 0 Å². The Balaban J connectivity index is 0.000000233. The van der Waals surface area contributed by atoms with Gasteiger partial charge in [0.05, 0.1) is 75.7 Å². The lowest BCUT2D eigenvalue weighted by Gasteiger charge is -2.30. The van der Waals surface area contributed by atoms with Crippen LogP contribution in [0.5, 0.6) is 34.5 Å². The molecule has 0 bridgehead atoms. The summed E-state index contributed by atoms with van der Waals surface area (Å²) >= 11 is 0. The third-order valence-electron chi connectivity index (χ3n) is 17.8. The third kappa shape index (κ3) is 26.3. The van der Waals surface area contributed by atoms with Crippen LogP contribution in [0.4, 0.5) is 0 Å². The zero-order valence-electron chi connectivity index (χ0n) is 65.2. The van der Waals surface area contributed by atoms with E-state index in [1.807, 2.05) is 118 Å². The first-order chi connectivity index (χ1) is 53.6. The molecular weight excluding hydrogens is 1500 g/mol. The maximum absolute atomic E-state index is 14.1. The summed E-state index contributed by atoms with van der Waals surface area (Å²) in [5.41, 5.74) is 7.23. The molecule has 0 fully saturated rings. The number of benzene rings is 6. The monoisotopic (exact) mass is 1600 g/mol. The van der Waals surface area contributed by atoms with Gasteiger partial charge < -0.3 is 63.1 Å². The quantitative estimate of drug-likeness (QED) is 0.0259. The zero-order chi connectivity index (χ0) is 81.5. The molecule has 9 aromatic rings. The lowest BCUT2D eigenvalue weighted by atomic mass is 10.2. The van der Waals surface area contributed by atoms with Crippen LogP contribution >= 0.6 is 0 Å². The molecule has 9 rings (SSSR count). The van der Waals surface area contributed by atoms with E-state index in [0.29, 0.717) is 40.3 Å². The minimum Gasteiger partial charge on any atom is -0.497 e. The molecule has 3 heterocycles. The third-order valence-corrected chi connectivity index (χ3v) is 24.3. The van der Waals surface area contributed by atoms with Crippen molar-refractivity contribution in [2.45, 2.75) is 127 Å². The molecule has 8 atom stereocenters. The molecule has 6 aromatic carbocycles. The Labute approximate surface area is 657 Å². The Morgan fingerprint density at radius 1 is 0.348 bits per heavy atom. The summed E-state index contributed by atoms with van der Waals surface area (Å²) in [6.07, 6.45) is 5.79. The van der Waals surface area contributed by atoms with Crippen LogP contribution in [-0.2, 0) is 83.5 Å². The van der Waals surface area contributed by atoms with E-state index >= 15 is 0 Å². The molecule has 0 spiro atoms. The molecule has 112 heavy (non-hydrogen) atoms.